The first-order chi connectivity index (χ1) is 18.9. The molecule has 1 fully saturated rings. The molecule has 0 radical (unpaired) electrons. The van der Waals surface area contributed by atoms with Gasteiger partial charge in [0.15, 0.2) is 5.76 Å². The van der Waals surface area contributed by atoms with Crippen LogP contribution in [0.4, 0.5) is 0 Å². The lowest BCUT2D eigenvalue weighted by Crippen LogP contribution is -2.42. The molecule has 8 heteroatoms. The van der Waals surface area contributed by atoms with Crippen LogP contribution in [0.5, 0.6) is 5.75 Å². The molecule has 0 spiro atoms. The molecule has 1 saturated heterocycles. The summed E-state index contributed by atoms with van der Waals surface area (Å²) in [5.41, 5.74) is 1.91. The SMILES string of the molecule is CON(C)C(=O)c1cc2c(OCC(CN3CCC(c4ccc5ccccc5c4)CC3)OC(C)=O)cccc2o1. The van der Waals surface area contributed by atoms with Crippen molar-refractivity contribution in [1.82, 2.24) is 9.96 Å². The molecular weight excluding hydrogens is 496 g/mol. The molecule has 5 rings (SSSR count). The van der Waals surface area contributed by atoms with Crippen molar-refractivity contribution in [3.05, 3.63) is 78.1 Å². The van der Waals surface area contributed by atoms with Gasteiger partial charge in [-0.15, -0.1) is 0 Å². The zero-order valence-electron chi connectivity index (χ0n) is 22.6. The molecule has 2 heterocycles. The number of carbonyl (C=O) groups is 2. The molecule has 1 unspecified atom stereocenters. The molecule has 1 amide bonds. The molecule has 0 bridgehead atoms. The first kappa shape index (κ1) is 26.7. The van der Waals surface area contributed by atoms with Gasteiger partial charge in [0, 0.05) is 26.6 Å². The van der Waals surface area contributed by atoms with Crippen LogP contribution in [-0.2, 0) is 14.4 Å². The van der Waals surface area contributed by atoms with E-state index in [9.17, 15) is 9.59 Å². The van der Waals surface area contributed by atoms with Crippen LogP contribution in [0, 0.1) is 0 Å². The van der Waals surface area contributed by atoms with Gasteiger partial charge in [-0.25, -0.2) is 5.06 Å². The number of hydroxylamine groups is 2. The fraction of sp³-hybridized carbons (Fsp3) is 0.355. The number of hydrogen-bond acceptors (Lipinski definition) is 7. The van der Waals surface area contributed by atoms with E-state index in [4.69, 9.17) is 18.7 Å². The molecule has 8 nitrogen and oxygen atoms in total. The van der Waals surface area contributed by atoms with E-state index in [0.29, 0.717) is 29.2 Å². The highest BCUT2D eigenvalue weighted by Crippen LogP contribution is 2.31. The standard InChI is InChI=1S/C31H34N2O6/c1-21(34)38-26(20-37-28-9-6-10-29-27(28)18-30(39-29)31(35)32(2)36-3)19-33-15-13-23(14-16-33)25-12-11-22-7-4-5-8-24(22)17-25/h4-12,17-18,23,26H,13-16,19-20H2,1-3H3. The second kappa shape index (κ2) is 11.9. The van der Waals surface area contributed by atoms with E-state index in [1.54, 1.807) is 18.2 Å². The summed E-state index contributed by atoms with van der Waals surface area (Å²) in [7, 11) is 2.93. The lowest BCUT2D eigenvalue weighted by Gasteiger charge is -2.34. The van der Waals surface area contributed by atoms with E-state index < -0.39 is 12.0 Å². The first-order valence-corrected chi connectivity index (χ1v) is 13.3. The van der Waals surface area contributed by atoms with Gasteiger partial charge in [-0.05, 0) is 60.3 Å². The van der Waals surface area contributed by atoms with Crippen molar-refractivity contribution in [2.75, 3.05) is 40.4 Å². The van der Waals surface area contributed by atoms with Gasteiger partial charge in [0.25, 0.3) is 0 Å². The van der Waals surface area contributed by atoms with Gasteiger partial charge in [0.2, 0.25) is 0 Å². The van der Waals surface area contributed by atoms with Crippen molar-refractivity contribution in [3.63, 3.8) is 0 Å². The number of carbonyl (C=O) groups excluding carboxylic acids is 2. The number of rotatable bonds is 9. The number of amides is 1. The van der Waals surface area contributed by atoms with E-state index in [1.165, 1.54) is 37.4 Å². The van der Waals surface area contributed by atoms with Gasteiger partial charge < -0.3 is 13.9 Å². The molecule has 39 heavy (non-hydrogen) atoms. The van der Waals surface area contributed by atoms with Crippen molar-refractivity contribution >= 4 is 33.6 Å². The fourth-order valence-electron chi connectivity index (χ4n) is 5.24. The van der Waals surface area contributed by atoms with E-state index >= 15 is 0 Å². The Morgan fingerprint density at radius 1 is 1.03 bits per heavy atom. The van der Waals surface area contributed by atoms with Gasteiger partial charge in [0.05, 0.1) is 12.5 Å². The van der Waals surface area contributed by atoms with Crippen LogP contribution in [0.2, 0.25) is 0 Å². The first-order valence-electron chi connectivity index (χ1n) is 13.3. The summed E-state index contributed by atoms with van der Waals surface area (Å²) in [6, 6.07) is 22.3. The van der Waals surface area contributed by atoms with Crippen molar-refractivity contribution in [2.24, 2.45) is 0 Å². The fourth-order valence-corrected chi connectivity index (χ4v) is 5.24. The zero-order valence-corrected chi connectivity index (χ0v) is 22.6. The third kappa shape index (κ3) is 6.24. The lowest BCUT2D eigenvalue weighted by molar-refractivity contribution is -0.149. The maximum Gasteiger partial charge on any atom is 0.312 e. The number of esters is 1. The van der Waals surface area contributed by atoms with Crippen LogP contribution < -0.4 is 4.74 Å². The van der Waals surface area contributed by atoms with Crippen LogP contribution in [0.3, 0.4) is 0 Å². The molecule has 1 aliphatic heterocycles. The van der Waals surface area contributed by atoms with E-state index in [2.05, 4.69) is 47.4 Å². The summed E-state index contributed by atoms with van der Waals surface area (Å²) in [5.74, 6) is 0.483. The van der Waals surface area contributed by atoms with Crippen molar-refractivity contribution < 1.29 is 28.3 Å². The Morgan fingerprint density at radius 2 is 1.79 bits per heavy atom. The van der Waals surface area contributed by atoms with Crippen molar-refractivity contribution in [1.29, 1.82) is 0 Å². The molecule has 0 aliphatic carbocycles. The molecule has 0 N–H and O–H groups in total. The van der Waals surface area contributed by atoms with Gasteiger partial charge in [0.1, 0.15) is 24.0 Å². The predicted octanol–water partition coefficient (Wildman–Crippen LogP) is 5.41. The number of nitrogens with zero attached hydrogens (tertiary/aromatic N) is 2. The highest BCUT2D eigenvalue weighted by molar-refractivity contribution is 5.97. The zero-order chi connectivity index (χ0) is 27.4. The summed E-state index contributed by atoms with van der Waals surface area (Å²) < 4.78 is 17.5. The average molecular weight is 531 g/mol. The van der Waals surface area contributed by atoms with Gasteiger partial charge in [-0.2, -0.15) is 0 Å². The minimum Gasteiger partial charge on any atom is -0.489 e. The number of ether oxygens (including phenoxy) is 2. The van der Waals surface area contributed by atoms with E-state index in [0.717, 1.165) is 31.0 Å². The number of likely N-dealkylation sites (tertiary alicyclic amines) is 1. The summed E-state index contributed by atoms with van der Waals surface area (Å²) in [6.45, 7) is 4.04. The Kier molecular flexibility index (Phi) is 8.14. The topological polar surface area (TPSA) is 81.5 Å². The molecule has 0 saturated carbocycles. The molecule has 1 atom stereocenters. The summed E-state index contributed by atoms with van der Waals surface area (Å²) in [4.78, 5) is 31.6. The Labute approximate surface area is 228 Å². The summed E-state index contributed by atoms with van der Waals surface area (Å²) >= 11 is 0. The Balaban J connectivity index is 1.21. The number of piperidine rings is 1. The van der Waals surface area contributed by atoms with Crippen molar-refractivity contribution in [2.45, 2.75) is 31.8 Å². The Bertz CT molecular complexity index is 1460. The Hall–Kier alpha value is -3.88. The van der Waals surface area contributed by atoms with Crippen LogP contribution >= 0.6 is 0 Å². The van der Waals surface area contributed by atoms with Crippen LogP contribution in [0.1, 0.15) is 41.8 Å². The number of hydrogen-bond donors (Lipinski definition) is 0. The third-order valence-electron chi connectivity index (χ3n) is 7.34. The number of benzene rings is 3. The smallest absolute Gasteiger partial charge is 0.312 e. The molecule has 1 aliphatic rings. The Morgan fingerprint density at radius 3 is 2.54 bits per heavy atom. The quantitative estimate of drug-likeness (QED) is 0.211. The van der Waals surface area contributed by atoms with Gasteiger partial charge in [-0.3, -0.25) is 19.3 Å². The maximum atomic E-state index is 12.4. The van der Waals surface area contributed by atoms with Crippen LogP contribution in [-0.4, -0.2) is 68.3 Å². The molecule has 204 valence electrons. The second-order valence-electron chi connectivity index (χ2n) is 9.99. The normalized spacial score (nSPS) is 15.4. The van der Waals surface area contributed by atoms with Crippen LogP contribution in [0.25, 0.3) is 21.7 Å². The van der Waals surface area contributed by atoms with E-state index in [-0.39, 0.29) is 18.3 Å². The monoisotopic (exact) mass is 530 g/mol. The molecular formula is C31H34N2O6. The number of fused-ring (bicyclic) bond motifs is 2. The van der Waals surface area contributed by atoms with Gasteiger partial charge in [-0.1, -0.05) is 48.5 Å². The molecule has 3 aromatic carbocycles. The average Bonchev–Trinajstić information content (AvgIpc) is 3.40. The lowest BCUT2D eigenvalue weighted by atomic mass is 9.88. The maximum absolute atomic E-state index is 12.4. The third-order valence-corrected chi connectivity index (χ3v) is 7.34. The molecule has 4 aromatic rings. The highest BCUT2D eigenvalue weighted by Gasteiger charge is 2.25. The largest absolute Gasteiger partial charge is 0.489 e. The predicted molar refractivity (Wildman–Crippen MR) is 149 cm³/mol. The molecule has 1 aromatic heterocycles. The number of furan rings is 1. The van der Waals surface area contributed by atoms with Crippen LogP contribution in [0.15, 0.2) is 71.1 Å². The summed E-state index contributed by atoms with van der Waals surface area (Å²) in [6.07, 6.45) is 1.67. The van der Waals surface area contributed by atoms with Crippen molar-refractivity contribution in [3.8, 4) is 5.75 Å². The minimum absolute atomic E-state index is 0.149. The highest BCUT2D eigenvalue weighted by atomic mass is 16.7. The minimum atomic E-state index is -0.428. The van der Waals surface area contributed by atoms with Gasteiger partial charge >= 0.3 is 11.9 Å². The summed E-state index contributed by atoms with van der Waals surface area (Å²) in [5, 5.41) is 4.31. The van der Waals surface area contributed by atoms with E-state index in [1.807, 2.05) is 6.07 Å². The second-order valence-corrected chi connectivity index (χ2v) is 9.99.